The number of fused-ring (bicyclic) bond motifs is 1. The molecule has 0 unspecified atom stereocenters. The van der Waals surface area contributed by atoms with E-state index in [9.17, 15) is 13.0 Å². The Labute approximate surface area is 288 Å². The van der Waals surface area contributed by atoms with Gasteiger partial charge in [0, 0.05) is 0 Å². The number of aryl methyl sites for hydroxylation is 2. The molecule has 0 heterocycles. The Balaban J connectivity index is 0.00000924. The van der Waals surface area contributed by atoms with Gasteiger partial charge in [0.2, 0.25) is 0 Å². The van der Waals surface area contributed by atoms with Crippen LogP contribution in [0.1, 0.15) is 179 Å². The summed E-state index contributed by atoms with van der Waals surface area (Å²) in [5, 5.41) is 2.00. The number of unbranched alkanes of at least 4 members (excludes halogenated alkanes) is 22. The Morgan fingerprint density at radius 1 is 0.512 bits per heavy atom. The first kappa shape index (κ1) is 40.6. The molecule has 0 saturated carbocycles. The van der Waals surface area contributed by atoms with Crippen molar-refractivity contribution in [1.82, 2.24) is 0 Å². The van der Waals surface area contributed by atoms with Gasteiger partial charge in [-0.25, -0.2) is 8.42 Å². The van der Waals surface area contributed by atoms with E-state index in [-0.39, 0.29) is 34.5 Å². The van der Waals surface area contributed by atoms with Crippen LogP contribution < -0.4 is 29.6 Å². The van der Waals surface area contributed by atoms with Crippen molar-refractivity contribution in [2.24, 2.45) is 0 Å². The number of hydrogen-bond donors (Lipinski definition) is 0. The Morgan fingerprint density at radius 2 is 0.907 bits per heavy atom. The number of rotatable bonds is 27. The molecule has 0 N–H and O–H groups in total. The third-order valence-electron chi connectivity index (χ3n) is 8.98. The fourth-order valence-corrected chi connectivity index (χ4v) is 6.81. The first-order chi connectivity index (χ1) is 20.5. The molecule has 0 fully saturated rings. The zero-order valence-electron chi connectivity index (χ0n) is 28.4. The molecule has 2 aromatic rings. The monoisotopic (exact) mass is 622 g/mol. The summed E-state index contributed by atoms with van der Waals surface area (Å²) in [5.74, 6) is 0. The van der Waals surface area contributed by atoms with Crippen LogP contribution in [-0.2, 0) is 23.0 Å². The van der Waals surface area contributed by atoms with Crippen LogP contribution in [0.3, 0.4) is 0 Å². The normalized spacial score (nSPS) is 11.7. The second-order valence-corrected chi connectivity index (χ2v) is 14.2. The topological polar surface area (TPSA) is 57.2 Å². The van der Waals surface area contributed by atoms with Crippen molar-refractivity contribution in [2.45, 2.75) is 186 Å². The molecule has 0 atom stereocenters. The molecule has 0 radical (unpaired) electrons. The van der Waals surface area contributed by atoms with E-state index in [4.69, 9.17) is 0 Å². The van der Waals surface area contributed by atoms with E-state index in [0.29, 0.717) is 0 Å². The Hall–Kier alpha value is -0.390. The molecule has 0 amide bonds. The molecule has 0 bridgehead atoms. The molecule has 43 heavy (non-hydrogen) atoms. The van der Waals surface area contributed by atoms with Gasteiger partial charge < -0.3 is 4.55 Å². The average molecular weight is 623 g/mol. The van der Waals surface area contributed by atoms with Gasteiger partial charge in [-0.1, -0.05) is 173 Å². The molecule has 0 aliphatic heterocycles. The van der Waals surface area contributed by atoms with E-state index in [2.05, 4.69) is 26.0 Å². The van der Waals surface area contributed by atoms with E-state index in [1.165, 1.54) is 165 Å². The minimum Gasteiger partial charge on any atom is -0.744 e. The van der Waals surface area contributed by atoms with Gasteiger partial charge in [-0.15, -0.1) is 0 Å². The maximum Gasteiger partial charge on any atom is 1.00 e. The minimum atomic E-state index is -4.45. The van der Waals surface area contributed by atoms with E-state index in [0.717, 1.165) is 30.0 Å². The second-order valence-electron chi connectivity index (χ2n) is 12.9. The maximum absolute atomic E-state index is 11.7. The van der Waals surface area contributed by atoms with Crippen LogP contribution in [-0.4, -0.2) is 13.0 Å². The summed E-state index contributed by atoms with van der Waals surface area (Å²) in [7, 11) is -4.45. The van der Waals surface area contributed by atoms with Crippen LogP contribution in [0.4, 0.5) is 0 Å². The second kappa shape index (κ2) is 25.8. The molecular formula is C38H63NaO3S. The molecule has 0 saturated heterocycles. The van der Waals surface area contributed by atoms with Gasteiger partial charge in [-0.3, -0.25) is 0 Å². The van der Waals surface area contributed by atoms with E-state index < -0.39 is 10.1 Å². The van der Waals surface area contributed by atoms with E-state index in [1.807, 2.05) is 6.07 Å². The Bertz CT molecular complexity index is 1070. The molecule has 0 aliphatic rings. The summed E-state index contributed by atoms with van der Waals surface area (Å²) in [6.07, 6.45) is 34.2. The van der Waals surface area contributed by atoms with Crippen molar-refractivity contribution in [3.8, 4) is 0 Å². The van der Waals surface area contributed by atoms with Gasteiger partial charge in [-0.2, -0.15) is 0 Å². The minimum absolute atomic E-state index is 0. The van der Waals surface area contributed by atoms with Crippen LogP contribution in [0.15, 0.2) is 35.2 Å². The predicted molar refractivity (Wildman–Crippen MR) is 181 cm³/mol. The molecule has 0 spiro atoms. The molecular weight excluding hydrogens is 559 g/mol. The van der Waals surface area contributed by atoms with Gasteiger partial charge in [-0.05, 0) is 59.7 Å². The summed E-state index contributed by atoms with van der Waals surface area (Å²) in [4.78, 5) is -0.111. The zero-order chi connectivity index (χ0) is 30.3. The first-order valence-electron chi connectivity index (χ1n) is 18.0. The number of benzene rings is 2. The average Bonchev–Trinajstić information content (AvgIpc) is 2.97. The van der Waals surface area contributed by atoms with Gasteiger partial charge in [0.25, 0.3) is 0 Å². The van der Waals surface area contributed by atoms with Gasteiger partial charge in [0.15, 0.2) is 0 Å². The summed E-state index contributed by atoms with van der Waals surface area (Å²) in [6.45, 7) is 4.55. The third-order valence-corrected chi connectivity index (χ3v) is 9.81. The van der Waals surface area contributed by atoms with Crippen molar-refractivity contribution in [3.05, 3.63) is 41.5 Å². The smallest absolute Gasteiger partial charge is 0.744 e. The van der Waals surface area contributed by atoms with Gasteiger partial charge in [0.05, 0.1) is 4.90 Å². The molecule has 3 nitrogen and oxygen atoms in total. The van der Waals surface area contributed by atoms with Crippen LogP contribution in [0.5, 0.6) is 0 Å². The van der Waals surface area contributed by atoms with Crippen molar-refractivity contribution in [2.75, 3.05) is 0 Å². The Kier molecular flexibility index (Phi) is 24.3. The SMILES string of the molecule is CCCCCCCCCCCCCCc1cc(CCCCCCCCCCCCCC)c2cc(S(=O)(=O)[O-])ccc2c1.[Na+]. The molecule has 5 heteroatoms. The summed E-state index contributed by atoms with van der Waals surface area (Å²) < 4.78 is 35.1. The van der Waals surface area contributed by atoms with Crippen molar-refractivity contribution in [3.63, 3.8) is 0 Å². The van der Waals surface area contributed by atoms with Gasteiger partial charge >= 0.3 is 29.6 Å². The number of hydrogen-bond acceptors (Lipinski definition) is 3. The summed E-state index contributed by atoms with van der Waals surface area (Å²) >= 11 is 0. The largest absolute Gasteiger partial charge is 1.00 e. The predicted octanol–water partition coefficient (Wildman–Crippen LogP) is 9.24. The summed E-state index contributed by atoms with van der Waals surface area (Å²) in [6, 6.07) is 9.42. The van der Waals surface area contributed by atoms with E-state index >= 15 is 0 Å². The summed E-state index contributed by atoms with van der Waals surface area (Å²) in [5.41, 5.74) is 2.56. The quantitative estimate of drug-likeness (QED) is 0.0567. The molecule has 2 rings (SSSR count). The van der Waals surface area contributed by atoms with E-state index in [1.54, 1.807) is 6.07 Å². The van der Waals surface area contributed by atoms with Crippen molar-refractivity contribution in [1.29, 1.82) is 0 Å². The standard InChI is InChI=1S/C38H64O3S.Na/c1-3-5-7-9-11-13-15-17-19-21-23-25-27-34-31-35(38-33-37(42(39,40)41)30-29-36(38)32-34)28-26-24-22-20-18-16-14-12-10-8-6-4-2;/h29-33H,3-28H2,1-2H3,(H,39,40,41);/q;+1/p-1. The molecule has 2 aromatic carbocycles. The Morgan fingerprint density at radius 3 is 1.33 bits per heavy atom. The molecule has 240 valence electrons. The zero-order valence-corrected chi connectivity index (χ0v) is 31.2. The maximum atomic E-state index is 11.7. The molecule has 0 aliphatic carbocycles. The third kappa shape index (κ3) is 19.0. The fraction of sp³-hybridized carbons (Fsp3) is 0.737. The van der Waals surface area contributed by atoms with Crippen LogP contribution in [0.25, 0.3) is 10.8 Å². The van der Waals surface area contributed by atoms with Gasteiger partial charge in [0.1, 0.15) is 10.1 Å². The van der Waals surface area contributed by atoms with Crippen molar-refractivity contribution >= 4 is 20.9 Å². The van der Waals surface area contributed by atoms with Crippen molar-refractivity contribution < 1.29 is 42.5 Å². The molecule has 0 aromatic heterocycles. The van der Waals surface area contributed by atoms with Crippen LogP contribution in [0.2, 0.25) is 0 Å². The van der Waals surface area contributed by atoms with Crippen LogP contribution in [0, 0.1) is 0 Å². The van der Waals surface area contributed by atoms with Crippen LogP contribution >= 0.6 is 0 Å². The first-order valence-corrected chi connectivity index (χ1v) is 19.4. The fourth-order valence-electron chi connectivity index (χ4n) is 6.32.